The van der Waals surface area contributed by atoms with Crippen molar-refractivity contribution < 1.29 is 14.3 Å². The molecule has 0 saturated carbocycles. The van der Waals surface area contributed by atoms with E-state index in [1.807, 2.05) is 29.7 Å². The molecule has 0 radical (unpaired) electrons. The minimum atomic E-state index is -0.436. The maximum Gasteiger partial charge on any atom is 0.337 e. The van der Waals surface area contributed by atoms with E-state index >= 15 is 0 Å². The average molecular weight is 338 g/mol. The summed E-state index contributed by atoms with van der Waals surface area (Å²) in [6.45, 7) is 0. The van der Waals surface area contributed by atoms with Gasteiger partial charge in [0, 0.05) is 16.6 Å². The van der Waals surface area contributed by atoms with Gasteiger partial charge in [-0.3, -0.25) is 4.79 Å². The molecule has 3 aromatic rings. The molecule has 2 heterocycles. The topological polar surface area (TPSA) is 61.2 Å². The van der Waals surface area contributed by atoms with Gasteiger partial charge in [0.25, 0.3) is 5.91 Å². The third kappa shape index (κ3) is 3.49. The van der Waals surface area contributed by atoms with Gasteiger partial charge >= 0.3 is 5.97 Å². The molecule has 0 aliphatic carbocycles. The molecular weight excluding hydrogens is 324 g/mol. The van der Waals surface area contributed by atoms with Crippen LogP contribution in [0.5, 0.6) is 0 Å². The van der Waals surface area contributed by atoms with Crippen molar-refractivity contribution >= 4 is 35.4 Å². The van der Waals surface area contributed by atoms with Gasteiger partial charge in [0.1, 0.15) is 0 Å². The summed E-state index contributed by atoms with van der Waals surface area (Å²) in [6.07, 6.45) is 5.42. The minimum absolute atomic E-state index is 0.262. The first kappa shape index (κ1) is 15.9. The highest BCUT2D eigenvalue weighted by molar-refractivity contribution is 7.10. The maximum atomic E-state index is 12.4. The van der Waals surface area contributed by atoms with E-state index < -0.39 is 5.97 Å². The standard InChI is InChI=1S/C18H14N2O3S/c1-23-18(22)14-6-4-13(5-7-14)17(21)20-11-10-15(19-20)8-9-16-3-2-12-24-16/h2-12H,1H3. The Labute approximate surface area is 142 Å². The van der Waals surface area contributed by atoms with Crippen molar-refractivity contribution in [2.75, 3.05) is 7.11 Å². The zero-order chi connectivity index (χ0) is 16.9. The molecule has 1 aromatic carbocycles. The lowest BCUT2D eigenvalue weighted by atomic mass is 10.1. The lowest BCUT2D eigenvalue weighted by molar-refractivity contribution is 0.0600. The Morgan fingerprint density at radius 3 is 2.50 bits per heavy atom. The van der Waals surface area contributed by atoms with Crippen molar-refractivity contribution in [3.8, 4) is 0 Å². The van der Waals surface area contributed by atoms with E-state index in [4.69, 9.17) is 0 Å². The third-order valence-corrected chi connectivity index (χ3v) is 4.17. The summed E-state index contributed by atoms with van der Waals surface area (Å²) in [5.41, 5.74) is 1.54. The Balaban J connectivity index is 1.74. The Hall–Kier alpha value is -2.99. The van der Waals surface area contributed by atoms with Gasteiger partial charge in [-0.25, -0.2) is 9.48 Å². The number of hydrogen-bond donors (Lipinski definition) is 0. The number of aromatic nitrogens is 2. The van der Waals surface area contributed by atoms with Gasteiger partial charge in [-0.05, 0) is 53.9 Å². The zero-order valence-corrected chi connectivity index (χ0v) is 13.7. The van der Waals surface area contributed by atoms with Crippen LogP contribution >= 0.6 is 11.3 Å². The molecule has 0 atom stereocenters. The van der Waals surface area contributed by atoms with Crippen molar-refractivity contribution in [3.05, 3.63) is 75.7 Å². The number of carbonyl (C=O) groups is 2. The van der Waals surface area contributed by atoms with Crippen LogP contribution in [0.1, 0.15) is 31.3 Å². The fourth-order valence-electron chi connectivity index (χ4n) is 2.09. The van der Waals surface area contributed by atoms with Crippen LogP contribution in [0, 0.1) is 0 Å². The molecular formula is C18H14N2O3S. The van der Waals surface area contributed by atoms with Crippen LogP contribution in [0.3, 0.4) is 0 Å². The molecule has 0 amide bonds. The Bertz CT molecular complexity index is 877. The Morgan fingerprint density at radius 2 is 1.83 bits per heavy atom. The van der Waals surface area contributed by atoms with E-state index in [0.717, 1.165) is 4.88 Å². The van der Waals surface area contributed by atoms with Gasteiger partial charge in [-0.1, -0.05) is 6.07 Å². The van der Waals surface area contributed by atoms with E-state index in [-0.39, 0.29) is 5.91 Å². The minimum Gasteiger partial charge on any atom is -0.465 e. The zero-order valence-electron chi connectivity index (χ0n) is 12.9. The number of rotatable bonds is 4. The van der Waals surface area contributed by atoms with Gasteiger partial charge in [0.2, 0.25) is 0 Å². The van der Waals surface area contributed by atoms with Crippen molar-refractivity contribution in [2.24, 2.45) is 0 Å². The van der Waals surface area contributed by atoms with E-state index in [0.29, 0.717) is 16.8 Å². The fraction of sp³-hybridized carbons (Fsp3) is 0.0556. The van der Waals surface area contributed by atoms with Gasteiger partial charge in [0.15, 0.2) is 0 Å². The van der Waals surface area contributed by atoms with Crippen molar-refractivity contribution in [2.45, 2.75) is 0 Å². The van der Waals surface area contributed by atoms with E-state index in [1.165, 1.54) is 11.8 Å². The Kier molecular flexibility index (Phi) is 4.67. The monoisotopic (exact) mass is 338 g/mol. The van der Waals surface area contributed by atoms with Crippen LogP contribution in [0.2, 0.25) is 0 Å². The molecule has 0 N–H and O–H groups in total. The van der Waals surface area contributed by atoms with E-state index in [1.54, 1.807) is 47.9 Å². The molecule has 0 spiro atoms. The number of ether oxygens (including phenoxy) is 1. The molecule has 0 fully saturated rings. The van der Waals surface area contributed by atoms with Crippen LogP contribution in [0.25, 0.3) is 12.2 Å². The van der Waals surface area contributed by atoms with Gasteiger partial charge < -0.3 is 4.74 Å². The molecule has 0 aliphatic heterocycles. The molecule has 2 aromatic heterocycles. The molecule has 0 aliphatic rings. The molecule has 3 rings (SSSR count). The van der Waals surface area contributed by atoms with Gasteiger partial charge in [-0.2, -0.15) is 5.10 Å². The van der Waals surface area contributed by atoms with Crippen LogP contribution < -0.4 is 0 Å². The number of esters is 1. The second-order valence-electron chi connectivity index (χ2n) is 4.91. The fourth-order valence-corrected chi connectivity index (χ4v) is 2.71. The first-order valence-electron chi connectivity index (χ1n) is 7.18. The SMILES string of the molecule is COC(=O)c1ccc(C(=O)n2ccc(C=Cc3cccs3)n2)cc1. The van der Waals surface area contributed by atoms with E-state index in [2.05, 4.69) is 9.84 Å². The lowest BCUT2D eigenvalue weighted by Gasteiger charge is -2.02. The molecule has 120 valence electrons. The first-order chi connectivity index (χ1) is 11.7. The van der Waals surface area contributed by atoms with Gasteiger partial charge in [-0.15, -0.1) is 11.3 Å². The molecule has 6 heteroatoms. The van der Waals surface area contributed by atoms with Crippen molar-refractivity contribution in [1.29, 1.82) is 0 Å². The average Bonchev–Trinajstić information content (AvgIpc) is 3.30. The summed E-state index contributed by atoms with van der Waals surface area (Å²) in [5.74, 6) is -0.698. The second kappa shape index (κ2) is 7.06. The summed E-state index contributed by atoms with van der Waals surface area (Å²) < 4.78 is 5.91. The number of benzene rings is 1. The number of carbonyl (C=O) groups excluding carboxylic acids is 2. The number of hydrogen-bond acceptors (Lipinski definition) is 5. The number of nitrogens with zero attached hydrogens (tertiary/aromatic N) is 2. The van der Waals surface area contributed by atoms with Crippen molar-refractivity contribution in [3.63, 3.8) is 0 Å². The molecule has 0 bridgehead atoms. The highest BCUT2D eigenvalue weighted by Crippen LogP contribution is 2.13. The molecule has 24 heavy (non-hydrogen) atoms. The quantitative estimate of drug-likeness (QED) is 0.682. The van der Waals surface area contributed by atoms with Crippen LogP contribution in [0.4, 0.5) is 0 Å². The van der Waals surface area contributed by atoms with Gasteiger partial charge in [0.05, 0.1) is 18.4 Å². The van der Waals surface area contributed by atoms with Crippen molar-refractivity contribution in [1.82, 2.24) is 9.78 Å². The highest BCUT2D eigenvalue weighted by atomic mass is 32.1. The smallest absolute Gasteiger partial charge is 0.337 e. The molecule has 5 nitrogen and oxygen atoms in total. The predicted octanol–water partition coefficient (Wildman–Crippen LogP) is 3.59. The Morgan fingerprint density at radius 1 is 1.08 bits per heavy atom. The summed E-state index contributed by atoms with van der Waals surface area (Å²) in [5, 5.41) is 6.25. The summed E-state index contributed by atoms with van der Waals surface area (Å²) in [7, 11) is 1.32. The number of thiophene rings is 1. The summed E-state index contributed by atoms with van der Waals surface area (Å²) in [6, 6.07) is 12.0. The largest absolute Gasteiger partial charge is 0.465 e. The molecule has 0 unspecified atom stereocenters. The lowest BCUT2D eigenvalue weighted by Crippen LogP contribution is -2.13. The third-order valence-electron chi connectivity index (χ3n) is 3.33. The highest BCUT2D eigenvalue weighted by Gasteiger charge is 2.11. The maximum absolute atomic E-state index is 12.4. The normalized spacial score (nSPS) is 10.9. The second-order valence-corrected chi connectivity index (χ2v) is 5.89. The van der Waals surface area contributed by atoms with Crippen LogP contribution in [-0.4, -0.2) is 28.8 Å². The van der Waals surface area contributed by atoms with Crippen LogP contribution in [-0.2, 0) is 4.74 Å². The summed E-state index contributed by atoms with van der Waals surface area (Å²) in [4.78, 5) is 24.9. The predicted molar refractivity (Wildman–Crippen MR) is 93.0 cm³/mol. The van der Waals surface area contributed by atoms with E-state index in [9.17, 15) is 9.59 Å². The molecule has 0 saturated heterocycles. The van der Waals surface area contributed by atoms with Crippen LogP contribution in [0.15, 0.2) is 54.0 Å². The number of methoxy groups -OCH3 is 1. The summed E-state index contributed by atoms with van der Waals surface area (Å²) >= 11 is 1.63. The first-order valence-corrected chi connectivity index (χ1v) is 8.05.